The molecule has 3 nitrogen and oxygen atoms in total. The zero-order valence-electron chi connectivity index (χ0n) is 15.3. The van der Waals surface area contributed by atoms with Gasteiger partial charge in [-0.3, -0.25) is 0 Å². The van der Waals surface area contributed by atoms with Crippen molar-refractivity contribution in [1.29, 1.82) is 0 Å². The van der Waals surface area contributed by atoms with E-state index in [4.69, 9.17) is 11.6 Å². The van der Waals surface area contributed by atoms with Gasteiger partial charge in [0.05, 0.1) is 5.39 Å². The second-order valence-electron chi connectivity index (χ2n) is 6.63. The summed E-state index contributed by atoms with van der Waals surface area (Å²) in [6, 6.07) is 26.6. The van der Waals surface area contributed by atoms with Crippen molar-refractivity contribution in [2.24, 2.45) is 0 Å². The Labute approximate surface area is 177 Å². The van der Waals surface area contributed by atoms with E-state index in [0.717, 1.165) is 32.8 Å². The molecule has 5 heteroatoms. The average Bonchev–Trinajstić information content (AvgIpc) is 3.20. The van der Waals surface area contributed by atoms with Crippen molar-refractivity contribution in [2.75, 3.05) is 5.32 Å². The number of halogens is 1. The Hall–Kier alpha value is -3.21. The summed E-state index contributed by atoms with van der Waals surface area (Å²) in [5.41, 5.74) is 5.56. The van der Waals surface area contributed by atoms with Gasteiger partial charge in [-0.1, -0.05) is 72.3 Å². The lowest BCUT2D eigenvalue weighted by atomic mass is 10.0. The number of thiophene rings is 1. The standard InChI is InChI=1S/C24H16ClN3S/c25-19-7-4-8-20(13-19)28-23-22-21(14-29-24(22)27-15-26-23)18-11-9-17(10-12-18)16-5-2-1-3-6-16/h1-15H,(H,26,27,28). The van der Waals surface area contributed by atoms with Crippen LogP contribution in [0.25, 0.3) is 32.5 Å². The van der Waals surface area contributed by atoms with Crippen LogP contribution in [0.4, 0.5) is 11.5 Å². The Balaban J connectivity index is 1.55. The number of aromatic nitrogens is 2. The topological polar surface area (TPSA) is 37.8 Å². The van der Waals surface area contributed by atoms with Crippen LogP contribution in [0.15, 0.2) is 90.6 Å². The number of fused-ring (bicyclic) bond motifs is 1. The van der Waals surface area contributed by atoms with Crippen LogP contribution in [0.5, 0.6) is 0 Å². The molecule has 0 aliphatic heterocycles. The number of anilines is 2. The highest BCUT2D eigenvalue weighted by atomic mass is 35.5. The van der Waals surface area contributed by atoms with Gasteiger partial charge in [0.1, 0.15) is 17.0 Å². The first-order valence-corrected chi connectivity index (χ1v) is 10.4. The van der Waals surface area contributed by atoms with Crippen LogP contribution < -0.4 is 5.32 Å². The SMILES string of the molecule is Clc1cccc(Nc2ncnc3scc(-c4ccc(-c5ccccc5)cc4)c23)c1. The van der Waals surface area contributed by atoms with E-state index in [-0.39, 0.29) is 0 Å². The summed E-state index contributed by atoms with van der Waals surface area (Å²) < 4.78 is 0. The third-order valence-electron chi connectivity index (χ3n) is 4.76. The fourth-order valence-corrected chi connectivity index (χ4v) is 4.46. The lowest BCUT2D eigenvalue weighted by molar-refractivity contribution is 1.23. The largest absolute Gasteiger partial charge is 0.340 e. The molecule has 140 valence electrons. The molecule has 0 aliphatic carbocycles. The smallest absolute Gasteiger partial charge is 0.143 e. The van der Waals surface area contributed by atoms with Gasteiger partial charge in [0.25, 0.3) is 0 Å². The molecule has 0 aliphatic rings. The summed E-state index contributed by atoms with van der Waals surface area (Å²) in [5, 5.41) is 7.23. The van der Waals surface area contributed by atoms with Gasteiger partial charge in [0.2, 0.25) is 0 Å². The molecule has 29 heavy (non-hydrogen) atoms. The maximum absolute atomic E-state index is 6.13. The Morgan fingerprint density at radius 2 is 1.52 bits per heavy atom. The van der Waals surface area contributed by atoms with Gasteiger partial charge in [-0.05, 0) is 34.9 Å². The summed E-state index contributed by atoms with van der Waals surface area (Å²) >= 11 is 7.75. The molecular formula is C24H16ClN3S. The lowest BCUT2D eigenvalue weighted by Gasteiger charge is -2.09. The molecule has 2 aromatic heterocycles. The minimum Gasteiger partial charge on any atom is -0.340 e. The minimum atomic E-state index is 0.683. The van der Waals surface area contributed by atoms with Crippen LogP contribution in [0.1, 0.15) is 0 Å². The number of nitrogens with zero attached hydrogens (tertiary/aromatic N) is 2. The maximum atomic E-state index is 6.13. The van der Waals surface area contributed by atoms with Crippen molar-refractivity contribution in [1.82, 2.24) is 9.97 Å². The highest BCUT2D eigenvalue weighted by Crippen LogP contribution is 2.38. The van der Waals surface area contributed by atoms with Gasteiger partial charge in [-0.2, -0.15) is 0 Å². The van der Waals surface area contributed by atoms with Crippen molar-refractivity contribution in [2.45, 2.75) is 0 Å². The number of hydrogen-bond donors (Lipinski definition) is 1. The quantitative estimate of drug-likeness (QED) is 0.333. The van der Waals surface area contributed by atoms with Crippen LogP contribution in [-0.2, 0) is 0 Å². The first-order chi connectivity index (χ1) is 14.3. The van der Waals surface area contributed by atoms with Gasteiger partial charge in [0.15, 0.2) is 0 Å². The Kier molecular flexibility index (Phi) is 4.72. The zero-order chi connectivity index (χ0) is 19.6. The van der Waals surface area contributed by atoms with Gasteiger partial charge in [-0.15, -0.1) is 11.3 Å². The van der Waals surface area contributed by atoms with E-state index in [1.807, 2.05) is 30.3 Å². The highest BCUT2D eigenvalue weighted by molar-refractivity contribution is 7.17. The van der Waals surface area contributed by atoms with Crippen LogP contribution in [-0.4, -0.2) is 9.97 Å². The summed E-state index contributed by atoms with van der Waals surface area (Å²) in [7, 11) is 0. The van der Waals surface area contributed by atoms with E-state index in [0.29, 0.717) is 5.02 Å². The predicted molar refractivity (Wildman–Crippen MR) is 123 cm³/mol. The van der Waals surface area contributed by atoms with Gasteiger partial charge in [0, 0.05) is 21.7 Å². The summed E-state index contributed by atoms with van der Waals surface area (Å²) in [5.74, 6) is 0.778. The van der Waals surface area contributed by atoms with Crippen LogP contribution in [0.3, 0.4) is 0 Å². The Morgan fingerprint density at radius 3 is 2.31 bits per heavy atom. The molecule has 0 unspecified atom stereocenters. The molecule has 0 spiro atoms. The van der Waals surface area contributed by atoms with Crippen molar-refractivity contribution in [3.63, 3.8) is 0 Å². The maximum Gasteiger partial charge on any atom is 0.143 e. The Bertz CT molecular complexity index is 1280. The molecule has 0 atom stereocenters. The van der Waals surface area contributed by atoms with Crippen molar-refractivity contribution >= 4 is 44.7 Å². The molecule has 5 aromatic rings. The number of benzene rings is 3. The molecule has 0 saturated carbocycles. The van der Waals surface area contributed by atoms with Crippen LogP contribution in [0.2, 0.25) is 5.02 Å². The van der Waals surface area contributed by atoms with E-state index in [1.54, 1.807) is 17.7 Å². The fraction of sp³-hybridized carbons (Fsp3) is 0. The van der Waals surface area contributed by atoms with E-state index < -0.39 is 0 Å². The molecule has 0 saturated heterocycles. The summed E-state index contributed by atoms with van der Waals surface area (Å²) in [6.45, 7) is 0. The molecule has 5 rings (SSSR count). The molecule has 3 aromatic carbocycles. The van der Waals surface area contributed by atoms with E-state index in [2.05, 4.69) is 69.2 Å². The van der Waals surface area contributed by atoms with Crippen molar-refractivity contribution in [3.05, 3.63) is 95.6 Å². The normalized spacial score (nSPS) is 10.9. The highest BCUT2D eigenvalue weighted by Gasteiger charge is 2.13. The van der Waals surface area contributed by atoms with E-state index in [9.17, 15) is 0 Å². The van der Waals surface area contributed by atoms with E-state index in [1.165, 1.54) is 11.1 Å². The van der Waals surface area contributed by atoms with E-state index >= 15 is 0 Å². The molecule has 0 bridgehead atoms. The zero-order valence-corrected chi connectivity index (χ0v) is 16.9. The molecule has 0 fully saturated rings. The molecule has 0 radical (unpaired) electrons. The van der Waals surface area contributed by atoms with Crippen LogP contribution in [0, 0.1) is 0 Å². The Morgan fingerprint density at radius 1 is 0.759 bits per heavy atom. The third-order valence-corrected chi connectivity index (χ3v) is 5.88. The van der Waals surface area contributed by atoms with Gasteiger partial charge in [-0.25, -0.2) is 9.97 Å². The number of hydrogen-bond acceptors (Lipinski definition) is 4. The monoisotopic (exact) mass is 413 g/mol. The predicted octanol–water partition coefficient (Wildman–Crippen LogP) is 7.42. The number of rotatable bonds is 4. The van der Waals surface area contributed by atoms with Gasteiger partial charge < -0.3 is 5.32 Å². The first kappa shape index (κ1) is 17.9. The molecule has 0 amide bonds. The minimum absolute atomic E-state index is 0.683. The number of nitrogens with one attached hydrogen (secondary N) is 1. The van der Waals surface area contributed by atoms with Crippen molar-refractivity contribution < 1.29 is 0 Å². The second-order valence-corrected chi connectivity index (χ2v) is 7.93. The first-order valence-electron chi connectivity index (χ1n) is 9.18. The fourth-order valence-electron chi connectivity index (χ4n) is 3.36. The molecule has 1 N–H and O–H groups in total. The van der Waals surface area contributed by atoms with Gasteiger partial charge >= 0.3 is 0 Å². The van der Waals surface area contributed by atoms with Crippen LogP contribution >= 0.6 is 22.9 Å². The summed E-state index contributed by atoms with van der Waals surface area (Å²) in [6.07, 6.45) is 1.59. The molecular weight excluding hydrogens is 398 g/mol. The molecule has 2 heterocycles. The average molecular weight is 414 g/mol. The lowest BCUT2D eigenvalue weighted by Crippen LogP contribution is -1.95. The third kappa shape index (κ3) is 3.60. The summed E-state index contributed by atoms with van der Waals surface area (Å²) in [4.78, 5) is 9.90. The van der Waals surface area contributed by atoms with Crippen molar-refractivity contribution in [3.8, 4) is 22.3 Å². The second kappa shape index (κ2) is 7.66.